The number of aliphatic carboxylic acids is 1. The molecule has 0 aliphatic rings. The molecule has 1 unspecified atom stereocenters. The smallest absolute Gasteiger partial charge is 0.325 e. The first-order valence-electron chi connectivity index (χ1n) is 6.62. The average Bonchev–Trinajstić information content (AvgIpc) is 2.38. The summed E-state index contributed by atoms with van der Waals surface area (Å²) in [5.74, 6) is -0.527. The largest absolute Gasteiger partial charge is 0.494 e. The third-order valence-electron chi connectivity index (χ3n) is 3.04. The van der Waals surface area contributed by atoms with Gasteiger partial charge in [0.1, 0.15) is 11.8 Å². The summed E-state index contributed by atoms with van der Waals surface area (Å²) in [4.78, 5) is 22.0. The molecule has 0 aromatic heterocycles. The lowest BCUT2D eigenvalue weighted by Crippen LogP contribution is -2.38. The highest BCUT2D eigenvalue weighted by Crippen LogP contribution is 2.16. The van der Waals surface area contributed by atoms with Crippen LogP contribution < -0.4 is 10.1 Å². The quantitative estimate of drug-likeness (QED) is 0.749. The van der Waals surface area contributed by atoms with Crippen LogP contribution in [0, 0.1) is 13.8 Å². The standard InChI is InChI=1S/C15H21NO4/c1-10-6-7-13(9-11(10)2)20-8-4-5-14(17)16-12(3)15(18)19/h6-7,9,12H,4-5,8H2,1-3H3,(H,16,17)(H,18,19). The van der Waals surface area contributed by atoms with Crippen LogP contribution >= 0.6 is 0 Å². The van der Waals surface area contributed by atoms with Crippen LogP contribution in [0.15, 0.2) is 18.2 Å². The second kappa shape index (κ2) is 7.53. The molecular formula is C15H21NO4. The van der Waals surface area contributed by atoms with Gasteiger partial charge in [-0.15, -0.1) is 0 Å². The summed E-state index contributed by atoms with van der Waals surface area (Å²) in [5.41, 5.74) is 2.37. The minimum Gasteiger partial charge on any atom is -0.494 e. The minimum atomic E-state index is -1.04. The molecule has 1 amide bonds. The fraction of sp³-hybridized carbons (Fsp3) is 0.467. The van der Waals surface area contributed by atoms with E-state index in [-0.39, 0.29) is 12.3 Å². The zero-order valence-corrected chi connectivity index (χ0v) is 12.1. The maximum absolute atomic E-state index is 11.4. The molecule has 2 N–H and O–H groups in total. The number of nitrogens with one attached hydrogen (secondary N) is 1. The zero-order valence-electron chi connectivity index (χ0n) is 12.1. The van der Waals surface area contributed by atoms with Crippen LogP contribution in [0.4, 0.5) is 0 Å². The van der Waals surface area contributed by atoms with E-state index in [9.17, 15) is 9.59 Å². The van der Waals surface area contributed by atoms with E-state index in [0.29, 0.717) is 13.0 Å². The van der Waals surface area contributed by atoms with Crippen LogP contribution in [0.2, 0.25) is 0 Å². The maximum atomic E-state index is 11.4. The molecule has 0 heterocycles. The predicted octanol–water partition coefficient (Wildman–Crippen LogP) is 2.05. The van der Waals surface area contributed by atoms with Gasteiger partial charge >= 0.3 is 5.97 Å². The third-order valence-corrected chi connectivity index (χ3v) is 3.04. The Morgan fingerprint density at radius 2 is 2.00 bits per heavy atom. The van der Waals surface area contributed by atoms with Crippen molar-refractivity contribution in [2.45, 2.75) is 39.7 Å². The second-order valence-electron chi connectivity index (χ2n) is 4.83. The molecule has 0 aliphatic heterocycles. The molecule has 0 radical (unpaired) electrons. The van der Waals surface area contributed by atoms with Crippen LogP contribution in [0.5, 0.6) is 5.75 Å². The molecule has 5 nitrogen and oxygen atoms in total. The first-order chi connectivity index (χ1) is 9.40. The summed E-state index contributed by atoms with van der Waals surface area (Å²) in [7, 11) is 0. The topological polar surface area (TPSA) is 75.6 Å². The van der Waals surface area contributed by atoms with Crippen molar-refractivity contribution in [3.63, 3.8) is 0 Å². The number of hydrogen-bond acceptors (Lipinski definition) is 3. The number of benzene rings is 1. The fourth-order valence-corrected chi connectivity index (χ4v) is 1.60. The van der Waals surface area contributed by atoms with Crippen LogP contribution in [0.3, 0.4) is 0 Å². The molecule has 0 bridgehead atoms. The Balaban J connectivity index is 2.26. The van der Waals surface area contributed by atoms with Crippen LogP contribution in [-0.2, 0) is 9.59 Å². The molecule has 0 aliphatic carbocycles. The Morgan fingerprint density at radius 3 is 2.60 bits per heavy atom. The lowest BCUT2D eigenvalue weighted by Gasteiger charge is -2.10. The SMILES string of the molecule is Cc1ccc(OCCCC(=O)NC(C)C(=O)O)cc1C. The van der Waals surface area contributed by atoms with Gasteiger partial charge in [0, 0.05) is 6.42 Å². The third kappa shape index (κ3) is 5.30. The van der Waals surface area contributed by atoms with Crippen molar-refractivity contribution < 1.29 is 19.4 Å². The number of carbonyl (C=O) groups is 2. The molecule has 110 valence electrons. The lowest BCUT2D eigenvalue weighted by atomic mass is 10.1. The Labute approximate surface area is 118 Å². The highest BCUT2D eigenvalue weighted by molar-refractivity contribution is 5.83. The van der Waals surface area contributed by atoms with Crippen molar-refractivity contribution in [3.05, 3.63) is 29.3 Å². The molecule has 1 atom stereocenters. The molecule has 20 heavy (non-hydrogen) atoms. The molecule has 0 saturated heterocycles. The number of ether oxygens (including phenoxy) is 1. The lowest BCUT2D eigenvalue weighted by molar-refractivity contribution is -0.141. The second-order valence-corrected chi connectivity index (χ2v) is 4.83. The normalized spacial score (nSPS) is 11.8. The Hall–Kier alpha value is -2.04. The van der Waals surface area contributed by atoms with Gasteiger partial charge in [0.05, 0.1) is 6.61 Å². The number of aryl methyl sites for hydroxylation is 2. The summed E-state index contributed by atoms with van der Waals surface area (Å²) in [6.07, 6.45) is 0.799. The zero-order chi connectivity index (χ0) is 15.1. The maximum Gasteiger partial charge on any atom is 0.325 e. The number of carboxylic acids is 1. The van der Waals surface area contributed by atoms with Gasteiger partial charge in [0.25, 0.3) is 0 Å². The predicted molar refractivity (Wildman–Crippen MR) is 75.9 cm³/mol. The van der Waals surface area contributed by atoms with Gasteiger partial charge in [0.15, 0.2) is 0 Å². The number of hydrogen-bond donors (Lipinski definition) is 2. The van der Waals surface area contributed by atoms with Gasteiger partial charge in [0.2, 0.25) is 5.91 Å². The van der Waals surface area contributed by atoms with E-state index < -0.39 is 12.0 Å². The van der Waals surface area contributed by atoms with E-state index in [1.807, 2.05) is 32.0 Å². The van der Waals surface area contributed by atoms with E-state index >= 15 is 0 Å². The molecule has 0 spiro atoms. The van der Waals surface area contributed by atoms with Gasteiger partial charge in [-0.25, -0.2) is 0 Å². The van der Waals surface area contributed by atoms with Crippen LogP contribution in [0.25, 0.3) is 0 Å². The molecule has 5 heteroatoms. The summed E-state index contributed by atoms with van der Waals surface area (Å²) in [6, 6.07) is 4.99. The molecular weight excluding hydrogens is 258 g/mol. The average molecular weight is 279 g/mol. The molecule has 1 rings (SSSR count). The summed E-state index contributed by atoms with van der Waals surface area (Å²) < 4.78 is 5.55. The van der Waals surface area contributed by atoms with Crippen molar-refractivity contribution in [3.8, 4) is 5.75 Å². The molecule has 0 fully saturated rings. The van der Waals surface area contributed by atoms with E-state index in [2.05, 4.69) is 5.32 Å². The first-order valence-corrected chi connectivity index (χ1v) is 6.62. The van der Waals surface area contributed by atoms with E-state index in [0.717, 1.165) is 11.3 Å². The van der Waals surface area contributed by atoms with Crippen molar-refractivity contribution in [1.82, 2.24) is 5.32 Å². The fourth-order valence-electron chi connectivity index (χ4n) is 1.60. The number of carbonyl (C=O) groups excluding carboxylic acids is 1. The summed E-state index contributed by atoms with van der Waals surface area (Å²) in [5, 5.41) is 11.1. The Kier molecular flexibility index (Phi) is 6.03. The number of rotatable bonds is 7. The Morgan fingerprint density at radius 1 is 1.30 bits per heavy atom. The van der Waals surface area contributed by atoms with Crippen molar-refractivity contribution >= 4 is 11.9 Å². The van der Waals surface area contributed by atoms with Gasteiger partial charge in [-0.1, -0.05) is 6.07 Å². The van der Waals surface area contributed by atoms with Crippen molar-refractivity contribution in [2.24, 2.45) is 0 Å². The van der Waals surface area contributed by atoms with Crippen molar-refractivity contribution in [2.75, 3.05) is 6.61 Å². The van der Waals surface area contributed by atoms with E-state index in [4.69, 9.17) is 9.84 Å². The van der Waals surface area contributed by atoms with Gasteiger partial charge < -0.3 is 15.2 Å². The Bertz CT molecular complexity index is 485. The summed E-state index contributed by atoms with van der Waals surface area (Å²) in [6.45, 7) is 5.92. The van der Waals surface area contributed by atoms with Crippen LogP contribution in [0.1, 0.15) is 30.9 Å². The monoisotopic (exact) mass is 279 g/mol. The van der Waals surface area contributed by atoms with E-state index in [1.54, 1.807) is 0 Å². The van der Waals surface area contributed by atoms with Gasteiger partial charge in [-0.05, 0) is 50.5 Å². The van der Waals surface area contributed by atoms with Crippen molar-refractivity contribution in [1.29, 1.82) is 0 Å². The minimum absolute atomic E-state index is 0.252. The highest BCUT2D eigenvalue weighted by atomic mass is 16.5. The molecule has 1 aromatic rings. The van der Waals surface area contributed by atoms with Crippen LogP contribution in [-0.4, -0.2) is 29.6 Å². The highest BCUT2D eigenvalue weighted by Gasteiger charge is 2.13. The number of carboxylic acid groups (broad SMARTS) is 1. The number of amides is 1. The molecule has 1 aromatic carbocycles. The summed E-state index contributed by atoms with van der Waals surface area (Å²) >= 11 is 0. The molecule has 0 saturated carbocycles. The van der Waals surface area contributed by atoms with E-state index in [1.165, 1.54) is 12.5 Å². The first kappa shape index (κ1) is 16.0. The van der Waals surface area contributed by atoms with Gasteiger partial charge in [-0.3, -0.25) is 9.59 Å². The van der Waals surface area contributed by atoms with Gasteiger partial charge in [-0.2, -0.15) is 0 Å².